The molecule has 0 aliphatic rings. The number of hydrogen-bond acceptors (Lipinski definition) is 4. The zero-order valence-corrected chi connectivity index (χ0v) is 12.0. The summed E-state index contributed by atoms with van der Waals surface area (Å²) >= 11 is 0. The number of esters is 1. The van der Waals surface area contributed by atoms with Crippen molar-refractivity contribution in [3.8, 4) is 0 Å². The van der Waals surface area contributed by atoms with E-state index in [2.05, 4.69) is 6.92 Å². The topological polar surface area (TPSA) is 69.4 Å². The lowest BCUT2D eigenvalue weighted by atomic mass is 9.93. The van der Waals surface area contributed by atoms with Crippen LogP contribution < -0.4 is 0 Å². The molecule has 0 aromatic heterocycles. The molecule has 0 aliphatic carbocycles. The highest BCUT2D eigenvalue weighted by Gasteiger charge is 2.23. The molecule has 5 nitrogen and oxygen atoms in total. The summed E-state index contributed by atoms with van der Waals surface area (Å²) in [5, 5.41) is 10.8. The van der Waals surface area contributed by atoms with Gasteiger partial charge >= 0.3 is 5.97 Å². The van der Waals surface area contributed by atoms with Crippen molar-refractivity contribution in [2.24, 2.45) is 0 Å². The Bertz CT molecular complexity index is 459. The van der Waals surface area contributed by atoms with Gasteiger partial charge in [0, 0.05) is 12.1 Å². The van der Waals surface area contributed by atoms with Crippen LogP contribution in [0.4, 0.5) is 5.69 Å². The van der Waals surface area contributed by atoms with Gasteiger partial charge in [0.05, 0.1) is 17.4 Å². The third-order valence-corrected chi connectivity index (χ3v) is 3.15. The fourth-order valence-corrected chi connectivity index (χ4v) is 2.12. The summed E-state index contributed by atoms with van der Waals surface area (Å²) in [5.41, 5.74) is 0.668. The molecule has 1 rings (SSSR count). The van der Waals surface area contributed by atoms with Crippen LogP contribution in [0.25, 0.3) is 0 Å². The maximum Gasteiger partial charge on any atom is 0.313 e. The van der Waals surface area contributed by atoms with E-state index >= 15 is 0 Å². The molecular formula is C15H21NO4. The molecule has 1 aromatic carbocycles. The van der Waals surface area contributed by atoms with Crippen molar-refractivity contribution >= 4 is 11.7 Å². The normalized spacial score (nSPS) is 11.9. The van der Waals surface area contributed by atoms with E-state index in [0.29, 0.717) is 18.6 Å². The van der Waals surface area contributed by atoms with Crippen LogP contribution in [0.2, 0.25) is 0 Å². The number of nitro benzene ring substituents is 1. The van der Waals surface area contributed by atoms with E-state index in [4.69, 9.17) is 4.74 Å². The molecule has 0 amide bonds. The first-order valence-corrected chi connectivity index (χ1v) is 7.01. The molecule has 1 aromatic rings. The number of hydrogen-bond donors (Lipinski definition) is 0. The molecule has 0 bridgehead atoms. The van der Waals surface area contributed by atoms with Crippen molar-refractivity contribution in [3.63, 3.8) is 0 Å². The number of benzene rings is 1. The highest BCUT2D eigenvalue weighted by atomic mass is 16.6. The monoisotopic (exact) mass is 279 g/mol. The van der Waals surface area contributed by atoms with E-state index in [0.717, 1.165) is 19.3 Å². The molecule has 0 spiro atoms. The molecule has 0 radical (unpaired) electrons. The second-order valence-corrected chi connectivity index (χ2v) is 4.65. The molecular weight excluding hydrogens is 258 g/mol. The minimum absolute atomic E-state index is 0.00675. The number of unbranched alkanes of at least 4 members (excludes halogenated alkanes) is 2. The quantitative estimate of drug-likeness (QED) is 0.314. The summed E-state index contributed by atoms with van der Waals surface area (Å²) in [6.07, 6.45) is 3.66. The van der Waals surface area contributed by atoms with E-state index < -0.39 is 10.8 Å². The van der Waals surface area contributed by atoms with Crippen molar-refractivity contribution in [1.82, 2.24) is 0 Å². The highest BCUT2D eigenvalue weighted by Crippen LogP contribution is 2.27. The maximum absolute atomic E-state index is 12.0. The Labute approximate surface area is 119 Å². The number of carbonyl (C=O) groups is 1. The average molecular weight is 279 g/mol. The van der Waals surface area contributed by atoms with Gasteiger partial charge in [0.15, 0.2) is 0 Å². The Morgan fingerprint density at radius 2 is 2.10 bits per heavy atom. The Morgan fingerprint density at radius 3 is 2.70 bits per heavy atom. The van der Waals surface area contributed by atoms with Crippen molar-refractivity contribution in [1.29, 1.82) is 0 Å². The number of rotatable bonds is 8. The summed E-state index contributed by atoms with van der Waals surface area (Å²) in [5.74, 6) is -0.717. The molecule has 110 valence electrons. The Morgan fingerprint density at radius 1 is 1.35 bits per heavy atom. The lowest BCUT2D eigenvalue weighted by Crippen LogP contribution is -2.16. The zero-order chi connectivity index (χ0) is 15.0. The maximum atomic E-state index is 12.0. The van der Waals surface area contributed by atoms with Gasteiger partial charge < -0.3 is 4.74 Å². The molecule has 0 N–H and O–H groups in total. The number of ether oxygens (including phenoxy) is 1. The Kier molecular flexibility index (Phi) is 6.70. The van der Waals surface area contributed by atoms with Crippen LogP contribution in [0.15, 0.2) is 24.3 Å². The van der Waals surface area contributed by atoms with Gasteiger partial charge in [-0.15, -0.1) is 0 Å². The summed E-state index contributed by atoms with van der Waals surface area (Å²) in [6, 6.07) is 6.26. The molecule has 0 saturated heterocycles. The molecule has 1 atom stereocenters. The van der Waals surface area contributed by atoms with Crippen LogP contribution in [0, 0.1) is 10.1 Å². The number of nitrogens with zero attached hydrogens (tertiary/aromatic N) is 1. The predicted molar refractivity (Wildman–Crippen MR) is 76.6 cm³/mol. The fraction of sp³-hybridized carbons (Fsp3) is 0.533. The second-order valence-electron chi connectivity index (χ2n) is 4.65. The first-order valence-electron chi connectivity index (χ1n) is 7.01. The van der Waals surface area contributed by atoms with E-state index in [9.17, 15) is 14.9 Å². The van der Waals surface area contributed by atoms with Gasteiger partial charge in [0.25, 0.3) is 5.69 Å². The van der Waals surface area contributed by atoms with Crippen molar-refractivity contribution < 1.29 is 14.5 Å². The van der Waals surface area contributed by atoms with E-state index in [1.165, 1.54) is 12.1 Å². The first kappa shape index (κ1) is 16.1. The third kappa shape index (κ3) is 4.64. The standard InChI is InChI=1S/C15H21NO4/c1-3-5-6-10-14(15(17)20-4-2)12-8-7-9-13(11-12)16(18)19/h7-9,11,14H,3-6,10H2,1-2H3. The minimum atomic E-state index is -0.447. The zero-order valence-electron chi connectivity index (χ0n) is 12.0. The molecule has 0 saturated carbocycles. The summed E-state index contributed by atoms with van der Waals surface area (Å²) in [4.78, 5) is 22.4. The highest BCUT2D eigenvalue weighted by molar-refractivity contribution is 5.78. The Balaban J connectivity index is 2.93. The lowest BCUT2D eigenvalue weighted by molar-refractivity contribution is -0.384. The van der Waals surface area contributed by atoms with Gasteiger partial charge in [0.1, 0.15) is 0 Å². The number of nitro groups is 1. The Hall–Kier alpha value is -1.91. The van der Waals surface area contributed by atoms with Crippen LogP contribution in [0.3, 0.4) is 0 Å². The van der Waals surface area contributed by atoms with Gasteiger partial charge in [0.2, 0.25) is 0 Å². The minimum Gasteiger partial charge on any atom is -0.466 e. The second kappa shape index (κ2) is 8.30. The molecule has 0 heterocycles. The van der Waals surface area contributed by atoms with Crippen LogP contribution >= 0.6 is 0 Å². The van der Waals surface area contributed by atoms with Gasteiger partial charge in [-0.25, -0.2) is 0 Å². The number of carbonyl (C=O) groups excluding carboxylic acids is 1. The molecule has 5 heteroatoms. The number of non-ortho nitro benzene ring substituents is 1. The van der Waals surface area contributed by atoms with E-state index in [-0.39, 0.29) is 11.7 Å². The molecule has 1 unspecified atom stereocenters. The van der Waals surface area contributed by atoms with E-state index in [1.54, 1.807) is 19.1 Å². The largest absolute Gasteiger partial charge is 0.466 e. The first-order chi connectivity index (χ1) is 9.60. The molecule has 0 aliphatic heterocycles. The summed E-state index contributed by atoms with van der Waals surface area (Å²) in [7, 11) is 0. The fourth-order valence-electron chi connectivity index (χ4n) is 2.12. The van der Waals surface area contributed by atoms with Crippen molar-refractivity contribution in [2.75, 3.05) is 6.61 Å². The van der Waals surface area contributed by atoms with Crippen LogP contribution in [-0.2, 0) is 9.53 Å². The summed E-state index contributed by atoms with van der Waals surface area (Å²) < 4.78 is 5.08. The van der Waals surface area contributed by atoms with Gasteiger partial charge in [-0.05, 0) is 18.9 Å². The average Bonchev–Trinajstić information content (AvgIpc) is 2.44. The SMILES string of the molecule is CCCCCC(C(=O)OCC)c1cccc([N+](=O)[O-])c1. The smallest absolute Gasteiger partial charge is 0.313 e. The molecule has 0 fully saturated rings. The predicted octanol–water partition coefficient (Wildman–Crippen LogP) is 3.82. The van der Waals surface area contributed by atoms with Crippen molar-refractivity contribution in [3.05, 3.63) is 39.9 Å². The molecule has 20 heavy (non-hydrogen) atoms. The summed E-state index contributed by atoms with van der Waals surface area (Å²) in [6.45, 7) is 4.17. The van der Waals surface area contributed by atoms with Crippen LogP contribution in [0.5, 0.6) is 0 Å². The van der Waals surface area contributed by atoms with Crippen LogP contribution in [-0.4, -0.2) is 17.5 Å². The van der Waals surface area contributed by atoms with Gasteiger partial charge in [-0.3, -0.25) is 14.9 Å². The van der Waals surface area contributed by atoms with Gasteiger partial charge in [-0.2, -0.15) is 0 Å². The van der Waals surface area contributed by atoms with Crippen LogP contribution in [0.1, 0.15) is 51.0 Å². The van der Waals surface area contributed by atoms with Gasteiger partial charge in [-0.1, -0.05) is 38.3 Å². The third-order valence-electron chi connectivity index (χ3n) is 3.15. The lowest BCUT2D eigenvalue weighted by Gasteiger charge is -2.15. The van der Waals surface area contributed by atoms with Crippen molar-refractivity contribution in [2.45, 2.75) is 45.4 Å². The van der Waals surface area contributed by atoms with E-state index in [1.807, 2.05) is 0 Å².